The molecule has 1 fully saturated rings. The van der Waals surface area contributed by atoms with Crippen molar-refractivity contribution in [1.82, 2.24) is 20.4 Å². The Balaban J connectivity index is 1.43. The number of carbonyl (C=O) groups excluding carboxylic acids is 1. The summed E-state index contributed by atoms with van der Waals surface area (Å²) in [5.41, 5.74) is 2.79. The molecule has 2 heterocycles. The van der Waals surface area contributed by atoms with Crippen molar-refractivity contribution in [1.29, 1.82) is 0 Å². The normalized spacial score (nSPS) is 13.7. The zero-order valence-corrected chi connectivity index (χ0v) is 15.2. The summed E-state index contributed by atoms with van der Waals surface area (Å²) in [6.07, 6.45) is 0. The van der Waals surface area contributed by atoms with Crippen molar-refractivity contribution in [2.75, 3.05) is 18.4 Å². The fourth-order valence-corrected chi connectivity index (χ4v) is 3.03. The maximum Gasteiger partial charge on any atom is 0.317 e. The van der Waals surface area contributed by atoms with Crippen LogP contribution in [0, 0.1) is 0 Å². The smallest absolute Gasteiger partial charge is 0.317 e. The Hall–Kier alpha value is -3.06. The molecule has 2 aromatic carbocycles. The van der Waals surface area contributed by atoms with Gasteiger partial charge in [0.15, 0.2) is 0 Å². The molecule has 0 bridgehead atoms. The minimum atomic E-state index is -0.0330. The average molecular weight is 384 g/mol. The zero-order chi connectivity index (χ0) is 18.6. The Morgan fingerprint density at radius 2 is 1.96 bits per heavy atom. The second kappa shape index (κ2) is 7.67. The van der Waals surface area contributed by atoms with E-state index < -0.39 is 0 Å². The summed E-state index contributed by atoms with van der Waals surface area (Å²) in [6, 6.07) is 15.1. The van der Waals surface area contributed by atoms with E-state index in [0.29, 0.717) is 43.0 Å². The highest BCUT2D eigenvalue weighted by atomic mass is 35.5. The van der Waals surface area contributed by atoms with Crippen LogP contribution >= 0.6 is 11.6 Å². The lowest BCUT2D eigenvalue weighted by Crippen LogP contribution is -2.27. The van der Waals surface area contributed by atoms with Crippen LogP contribution in [0.2, 0.25) is 5.02 Å². The summed E-state index contributed by atoms with van der Waals surface area (Å²) >= 11 is 5.90. The second-order valence-electron chi connectivity index (χ2n) is 6.17. The van der Waals surface area contributed by atoms with Gasteiger partial charge < -0.3 is 20.0 Å². The van der Waals surface area contributed by atoms with Gasteiger partial charge in [0.2, 0.25) is 11.8 Å². The number of halogens is 1. The number of urea groups is 1. The minimum absolute atomic E-state index is 0.0330. The summed E-state index contributed by atoms with van der Waals surface area (Å²) in [6.45, 7) is 2.34. The number of nitrogens with one attached hydrogen (secondary N) is 2. The van der Waals surface area contributed by atoms with Crippen molar-refractivity contribution in [3.8, 4) is 11.5 Å². The van der Waals surface area contributed by atoms with E-state index in [1.165, 1.54) is 0 Å². The highest BCUT2D eigenvalue weighted by Crippen LogP contribution is 2.22. The Labute approximate surface area is 161 Å². The summed E-state index contributed by atoms with van der Waals surface area (Å²) in [5, 5.41) is 15.0. The summed E-state index contributed by atoms with van der Waals surface area (Å²) in [5.74, 6) is 0.930. The third-order valence-corrected chi connectivity index (χ3v) is 4.56. The Kier molecular flexibility index (Phi) is 4.93. The molecule has 0 atom stereocenters. The van der Waals surface area contributed by atoms with Crippen molar-refractivity contribution in [3.63, 3.8) is 0 Å². The molecule has 4 rings (SSSR count). The number of para-hydroxylation sites is 1. The topological polar surface area (TPSA) is 83.3 Å². The van der Waals surface area contributed by atoms with Crippen LogP contribution in [0.5, 0.6) is 0 Å². The van der Waals surface area contributed by atoms with Gasteiger partial charge >= 0.3 is 6.03 Å². The lowest BCUT2D eigenvalue weighted by Gasteiger charge is -2.17. The van der Waals surface area contributed by atoms with Crippen LogP contribution in [0.3, 0.4) is 0 Å². The first-order valence-electron chi connectivity index (χ1n) is 8.62. The SMILES string of the molecule is O=C1NCCN1Cc1ccccc1NCc1nnc(-c2ccc(Cl)cc2)o1. The van der Waals surface area contributed by atoms with Gasteiger partial charge in [0.05, 0.1) is 6.54 Å². The quantitative estimate of drug-likeness (QED) is 0.680. The Bertz CT molecular complexity index is 941. The van der Waals surface area contributed by atoms with Crippen molar-refractivity contribution in [2.45, 2.75) is 13.1 Å². The van der Waals surface area contributed by atoms with Crippen LogP contribution in [0.15, 0.2) is 52.9 Å². The lowest BCUT2D eigenvalue weighted by atomic mass is 10.1. The molecule has 1 aromatic heterocycles. The fraction of sp³-hybridized carbons (Fsp3) is 0.211. The van der Waals surface area contributed by atoms with Gasteiger partial charge in [-0.2, -0.15) is 0 Å². The number of hydrogen-bond donors (Lipinski definition) is 2. The van der Waals surface area contributed by atoms with Gasteiger partial charge in [-0.15, -0.1) is 10.2 Å². The molecule has 0 radical (unpaired) electrons. The monoisotopic (exact) mass is 383 g/mol. The first-order chi connectivity index (χ1) is 13.2. The van der Waals surface area contributed by atoms with Crippen LogP contribution in [0.4, 0.5) is 10.5 Å². The van der Waals surface area contributed by atoms with Gasteiger partial charge in [-0.1, -0.05) is 29.8 Å². The van der Waals surface area contributed by atoms with Gasteiger partial charge in [0.25, 0.3) is 0 Å². The fourth-order valence-electron chi connectivity index (χ4n) is 2.90. The molecule has 1 saturated heterocycles. The molecule has 0 spiro atoms. The molecule has 138 valence electrons. The molecule has 3 aromatic rings. The Morgan fingerprint density at radius 1 is 1.15 bits per heavy atom. The summed E-state index contributed by atoms with van der Waals surface area (Å²) in [7, 11) is 0. The molecule has 0 saturated carbocycles. The molecule has 2 N–H and O–H groups in total. The molecule has 1 aliphatic rings. The maximum atomic E-state index is 11.8. The number of nitrogens with zero attached hydrogens (tertiary/aromatic N) is 3. The van der Waals surface area contributed by atoms with Crippen molar-refractivity contribution in [3.05, 3.63) is 65.0 Å². The van der Waals surface area contributed by atoms with Crippen LogP contribution < -0.4 is 10.6 Å². The number of benzene rings is 2. The van der Waals surface area contributed by atoms with Crippen LogP contribution in [-0.2, 0) is 13.1 Å². The van der Waals surface area contributed by atoms with Gasteiger partial charge in [-0.3, -0.25) is 0 Å². The highest BCUT2D eigenvalue weighted by molar-refractivity contribution is 6.30. The van der Waals surface area contributed by atoms with Crippen LogP contribution in [-0.4, -0.2) is 34.2 Å². The molecular weight excluding hydrogens is 366 g/mol. The van der Waals surface area contributed by atoms with E-state index in [1.54, 1.807) is 17.0 Å². The van der Waals surface area contributed by atoms with Crippen LogP contribution in [0.25, 0.3) is 11.5 Å². The van der Waals surface area contributed by atoms with Gasteiger partial charge in [-0.25, -0.2) is 4.79 Å². The number of amides is 2. The molecular formula is C19H18ClN5O2. The first-order valence-corrected chi connectivity index (χ1v) is 9.00. The predicted octanol–water partition coefficient (Wildman–Crippen LogP) is 3.53. The molecule has 0 unspecified atom stereocenters. The number of anilines is 1. The van der Waals surface area contributed by atoms with E-state index in [2.05, 4.69) is 20.8 Å². The lowest BCUT2D eigenvalue weighted by molar-refractivity contribution is 0.215. The number of hydrogen-bond acceptors (Lipinski definition) is 5. The molecule has 27 heavy (non-hydrogen) atoms. The van der Waals surface area contributed by atoms with Crippen molar-refractivity contribution in [2.24, 2.45) is 0 Å². The van der Waals surface area contributed by atoms with Gasteiger partial charge in [0.1, 0.15) is 0 Å². The van der Waals surface area contributed by atoms with Gasteiger partial charge in [-0.05, 0) is 35.9 Å². The Morgan fingerprint density at radius 3 is 2.74 bits per heavy atom. The van der Waals surface area contributed by atoms with E-state index in [9.17, 15) is 4.79 Å². The largest absolute Gasteiger partial charge is 0.419 e. The first kappa shape index (κ1) is 17.4. The molecule has 2 amide bonds. The van der Waals surface area contributed by atoms with E-state index in [-0.39, 0.29) is 6.03 Å². The van der Waals surface area contributed by atoms with Crippen LogP contribution in [0.1, 0.15) is 11.5 Å². The third-order valence-electron chi connectivity index (χ3n) is 4.31. The second-order valence-corrected chi connectivity index (χ2v) is 6.61. The number of carbonyl (C=O) groups is 1. The molecule has 7 nitrogen and oxygen atoms in total. The van der Waals surface area contributed by atoms with Crippen molar-refractivity contribution < 1.29 is 9.21 Å². The van der Waals surface area contributed by atoms with Gasteiger partial charge in [0, 0.05) is 35.9 Å². The molecule has 0 aliphatic carbocycles. The summed E-state index contributed by atoms with van der Waals surface area (Å²) < 4.78 is 5.72. The number of rotatable bonds is 6. The van der Waals surface area contributed by atoms with E-state index in [4.69, 9.17) is 16.0 Å². The average Bonchev–Trinajstić information content (AvgIpc) is 3.31. The maximum absolute atomic E-state index is 11.8. The highest BCUT2D eigenvalue weighted by Gasteiger charge is 2.20. The predicted molar refractivity (Wildman–Crippen MR) is 102 cm³/mol. The summed E-state index contributed by atoms with van der Waals surface area (Å²) in [4.78, 5) is 13.6. The molecule has 1 aliphatic heterocycles. The van der Waals surface area contributed by atoms with E-state index >= 15 is 0 Å². The standard InChI is InChI=1S/C19H18ClN5O2/c20-15-7-5-13(6-8-15)18-24-23-17(27-18)11-22-16-4-2-1-3-14(16)12-25-10-9-21-19(25)26/h1-8,22H,9-12H2,(H,21,26). The van der Waals surface area contributed by atoms with Crippen molar-refractivity contribution >= 4 is 23.3 Å². The zero-order valence-electron chi connectivity index (χ0n) is 14.5. The minimum Gasteiger partial charge on any atom is -0.419 e. The third kappa shape index (κ3) is 4.03. The number of aromatic nitrogens is 2. The van der Waals surface area contributed by atoms with E-state index in [0.717, 1.165) is 16.8 Å². The molecule has 8 heteroatoms. The van der Waals surface area contributed by atoms with E-state index in [1.807, 2.05) is 36.4 Å².